The molecule has 0 amide bonds. The first kappa shape index (κ1) is 13.2. The first-order valence-corrected chi connectivity index (χ1v) is 6.97. The molecule has 0 fully saturated rings. The van der Waals surface area contributed by atoms with Gasteiger partial charge in [0.2, 0.25) is 0 Å². The Morgan fingerprint density at radius 3 is 2.50 bits per heavy atom. The van der Waals surface area contributed by atoms with Crippen molar-refractivity contribution in [1.82, 2.24) is 4.72 Å². The average molecular weight is 308 g/mol. The lowest BCUT2D eigenvalue weighted by molar-refractivity contribution is -0.134. The first-order chi connectivity index (χ1) is 8.38. The summed E-state index contributed by atoms with van der Waals surface area (Å²) in [5.41, 5.74) is 0.172. The van der Waals surface area contributed by atoms with E-state index in [4.69, 9.17) is 23.2 Å². The van der Waals surface area contributed by atoms with Gasteiger partial charge >= 0.3 is 5.97 Å². The molecule has 0 spiro atoms. The van der Waals surface area contributed by atoms with Crippen molar-refractivity contribution in [3.63, 3.8) is 0 Å². The molecule has 0 bridgehead atoms. The predicted molar refractivity (Wildman–Crippen MR) is 65.8 cm³/mol. The van der Waals surface area contributed by atoms with Gasteiger partial charge in [-0.25, -0.2) is 13.2 Å². The van der Waals surface area contributed by atoms with Gasteiger partial charge in [-0.05, 0) is 18.2 Å². The predicted octanol–water partition coefficient (Wildman–Crippen LogP) is 1.71. The van der Waals surface area contributed by atoms with Crippen molar-refractivity contribution < 1.29 is 17.9 Å². The molecule has 0 aliphatic carbocycles. The van der Waals surface area contributed by atoms with Crippen LogP contribution < -0.4 is 4.72 Å². The minimum absolute atomic E-state index is 0.0443. The molecule has 1 N–H and O–H groups in total. The van der Waals surface area contributed by atoms with Gasteiger partial charge in [0.1, 0.15) is 6.61 Å². The summed E-state index contributed by atoms with van der Waals surface area (Å²) in [6.07, 6.45) is 1.08. The number of benzene rings is 1. The minimum Gasteiger partial charge on any atom is -0.456 e. The van der Waals surface area contributed by atoms with Crippen molar-refractivity contribution in [3.8, 4) is 0 Å². The monoisotopic (exact) mass is 307 g/mol. The van der Waals surface area contributed by atoms with Crippen molar-refractivity contribution in [1.29, 1.82) is 0 Å². The summed E-state index contributed by atoms with van der Waals surface area (Å²) in [5.74, 6) is -0.582. The van der Waals surface area contributed by atoms with E-state index in [0.29, 0.717) is 0 Å². The van der Waals surface area contributed by atoms with Crippen LogP contribution in [-0.2, 0) is 19.6 Å². The summed E-state index contributed by atoms with van der Waals surface area (Å²) in [5, 5.41) is 0.390. The fraction of sp³-hybridized carbons (Fsp3) is 0.100. The summed E-state index contributed by atoms with van der Waals surface area (Å²) < 4.78 is 30.7. The number of esters is 1. The maximum absolute atomic E-state index is 11.9. The summed E-state index contributed by atoms with van der Waals surface area (Å²) in [7, 11) is -3.80. The van der Waals surface area contributed by atoms with E-state index >= 15 is 0 Å². The van der Waals surface area contributed by atoms with Gasteiger partial charge in [0.05, 0.1) is 20.6 Å². The van der Waals surface area contributed by atoms with Crippen molar-refractivity contribution >= 4 is 39.2 Å². The number of rotatable bonds is 3. The van der Waals surface area contributed by atoms with Crippen LogP contribution >= 0.6 is 23.2 Å². The van der Waals surface area contributed by atoms with Gasteiger partial charge in [-0.15, -0.1) is 0 Å². The lowest BCUT2D eigenvalue weighted by atomic mass is 10.4. The molecule has 96 valence electrons. The number of hydrogen-bond acceptors (Lipinski definition) is 4. The lowest BCUT2D eigenvalue weighted by Gasteiger charge is -2.08. The number of sulfonamides is 1. The van der Waals surface area contributed by atoms with Gasteiger partial charge in [0, 0.05) is 6.08 Å². The first-order valence-electron chi connectivity index (χ1n) is 4.74. The second-order valence-corrected chi connectivity index (χ2v) is 5.96. The van der Waals surface area contributed by atoms with E-state index in [2.05, 4.69) is 9.46 Å². The third-order valence-electron chi connectivity index (χ3n) is 2.13. The molecule has 0 unspecified atom stereocenters. The van der Waals surface area contributed by atoms with E-state index in [1.54, 1.807) is 0 Å². The van der Waals surface area contributed by atoms with Crippen molar-refractivity contribution in [3.05, 3.63) is 40.0 Å². The molecule has 0 saturated carbocycles. The molecule has 5 nitrogen and oxygen atoms in total. The quantitative estimate of drug-likeness (QED) is 0.863. The molecule has 0 aromatic heterocycles. The molecule has 8 heteroatoms. The maximum atomic E-state index is 11.9. The van der Waals surface area contributed by atoms with E-state index in [1.807, 2.05) is 0 Å². The van der Waals surface area contributed by atoms with Crippen LogP contribution in [0.1, 0.15) is 0 Å². The minimum atomic E-state index is -3.80. The lowest BCUT2D eigenvalue weighted by Crippen LogP contribution is -2.23. The molecule has 1 aromatic rings. The number of nitrogens with one attached hydrogen (secondary N) is 1. The molecule has 0 radical (unpaired) electrons. The zero-order chi connectivity index (χ0) is 13.3. The van der Waals surface area contributed by atoms with Crippen LogP contribution in [-0.4, -0.2) is 21.0 Å². The van der Waals surface area contributed by atoms with Crippen LogP contribution in [0.15, 0.2) is 34.9 Å². The highest BCUT2D eigenvalue weighted by atomic mass is 35.5. The van der Waals surface area contributed by atoms with Gasteiger partial charge in [-0.3, -0.25) is 4.72 Å². The molecule has 1 heterocycles. The van der Waals surface area contributed by atoms with Crippen molar-refractivity contribution in [2.24, 2.45) is 0 Å². The highest BCUT2D eigenvalue weighted by Crippen LogP contribution is 2.25. The normalized spacial score (nSPS) is 15.2. The van der Waals surface area contributed by atoms with E-state index < -0.39 is 16.0 Å². The van der Waals surface area contributed by atoms with Crippen LogP contribution in [0.5, 0.6) is 0 Å². The highest BCUT2D eigenvalue weighted by Gasteiger charge is 2.21. The van der Waals surface area contributed by atoms with Crippen LogP contribution in [0.2, 0.25) is 10.0 Å². The number of halogens is 2. The van der Waals surface area contributed by atoms with Crippen LogP contribution in [0.25, 0.3) is 0 Å². The Morgan fingerprint density at radius 1 is 1.22 bits per heavy atom. The van der Waals surface area contributed by atoms with Gasteiger partial charge in [0.25, 0.3) is 10.0 Å². The van der Waals surface area contributed by atoms with Gasteiger partial charge in [0.15, 0.2) is 0 Å². The molecule has 1 aliphatic heterocycles. The van der Waals surface area contributed by atoms with E-state index in [1.165, 1.54) is 18.2 Å². The number of cyclic esters (lactones) is 1. The molecular formula is C10H7Cl2NO4S. The highest BCUT2D eigenvalue weighted by molar-refractivity contribution is 7.89. The fourth-order valence-corrected chi connectivity index (χ4v) is 2.77. The van der Waals surface area contributed by atoms with Gasteiger partial charge in [-0.1, -0.05) is 23.2 Å². The van der Waals surface area contributed by atoms with Crippen LogP contribution in [0.4, 0.5) is 0 Å². The molecule has 0 saturated heterocycles. The third-order valence-corrected chi connectivity index (χ3v) is 4.27. The second kappa shape index (κ2) is 4.79. The number of carbonyl (C=O) groups is 1. The zero-order valence-electron chi connectivity index (χ0n) is 8.81. The molecule has 18 heavy (non-hydrogen) atoms. The Balaban J connectivity index is 2.28. The van der Waals surface area contributed by atoms with Gasteiger partial charge in [-0.2, -0.15) is 0 Å². The molecule has 2 rings (SSSR count). The SMILES string of the molecule is O=C1C=C(NS(=O)(=O)c2ccc(Cl)c(Cl)c2)CO1. The zero-order valence-corrected chi connectivity index (χ0v) is 11.1. The third kappa shape index (κ3) is 2.77. The molecule has 1 aromatic carbocycles. The van der Waals surface area contributed by atoms with E-state index in [-0.39, 0.29) is 27.2 Å². The Morgan fingerprint density at radius 2 is 1.94 bits per heavy atom. The van der Waals surface area contributed by atoms with E-state index in [9.17, 15) is 13.2 Å². The average Bonchev–Trinajstić information content (AvgIpc) is 2.67. The van der Waals surface area contributed by atoms with Crippen molar-refractivity contribution in [2.75, 3.05) is 6.61 Å². The Hall–Kier alpha value is -1.24. The Bertz CT molecular complexity index is 639. The molecule has 1 aliphatic rings. The van der Waals surface area contributed by atoms with Crippen molar-refractivity contribution in [2.45, 2.75) is 4.90 Å². The van der Waals surface area contributed by atoms with E-state index in [0.717, 1.165) is 6.08 Å². The number of hydrogen-bond donors (Lipinski definition) is 1. The summed E-state index contributed by atoms with van der Waals surface area (Å²) in [4.78, 5) is 10.8. The van der Waals surface area contributed by atoms with Crippen LogP contribution in [0.3, 0.4) is 0 Å². The standard InChI is InChI=1S/C10H7Cl2NO4S/c11-8-2-1-7(4-9(8)12)18(15,16)13-6-3-10(14)17-5-6/h1-4,13H,5H2. The number of ether oxygens (including phenoxy) is 1. The second-order valence-electron chi connectivity index (χ2n) is 3.46. The largest absolute Gasteiger partial charge is 0.456 e. The van der Waals surface area contributed by atoms with Gasteiger partial charge < -0.3 is 4.74 Å². The topological polar surface area (TPSA) is 72.5 Å². The Kier molecular flexibility index (Phi) is 3.52. The fourth-order valence-electron chi connectivity index (χ4n) is 1.31. The smallest absolute Gasteiger partial charge is 0.333 e. The maximum Gasteiger partial charge on any atom is 0.333 e. The Labute approximate surface area is 113 Å². The summed E-state index contributed by atoms with van der Waals surface area (Å²) >= 11 is 11.4. The number of carbonyl (C=O) groups excluding carboxylic acids is 1. The summed E-state index contributed by atoms with van der Waals surface area (Å²) in [6.45, 7) is -0.0978. The summed E-state index contributed by atoms with van der Waals surface area (Å²) in [6, 6.07) is 3.92. The molecule has 0 atom stereocenters. The van der Waals surface area contributed by atoms with Crippen LogP contribution in [0, 0.1) is 0 Å². The molecular weight excluding hydrogens is 301 g/mol.